The Hall–Kier alpha value is 0.363. The monoisotopic (exact) mass is 1160 g/mol. The van der Waals surface area contributed by atoms with E-state index in [-0.39, 0.29) is 119 Å². The summed E-state index contributed by atoms with van der Waals surface area (Å²) in [7, 11) is 0. The summed E-state index contributed by atoms with van der Waals surface area (Å²) in [6, 6.07) is 7.17. The van der Waals surface area contributed by atoms with Crippen molar-refractivity contribution in [1.82, 2.24) is 5.32 Å². The first kappa shape index (κ1) is 45.8. The molecule has 0 aromatic heterocycles. The van der Waals surface area contributed by atoms with Gasteiger partial charge in [0.1, 0.15) is 17.8 Å². The van der Waals surface area contributed by atoms with E-state index in [0.717, 1.165) is 0 Å². The molecule has 4 aliphatic rings. The number of amides is 1. The normalized spacial score (nSPS) is 36.4. The van der Waals surface area contributed by atoms with Crippen molar-refractivity contribution >= 4 is 29.6 Å². The fourth-order valence-corrected chi connectivity index (χ4v) is 9.51. The topological polar surface area (TPSA) is 181 Å². The Morgan fingerprint density at radius 1 is 1.12 bits per heavy atom. The van der Waals surface area contributed by atoms with Crippen molar-refractivity contribution in [3.05, 3.63) is 47.0 Å². The molecule has 1 amide bonds. The average Bonchev–Trinajstić information content (AvgIpc) is 3.03. The number of carbonyl (C=O) groups is 3. The van der Waals surface area contributed by atoms with Gasteiger partial charge >= 0.3 is 12.1 Å². The van der Waals surface area contributed by atoms with Crippen LogP contribution in [0.15, 0.2) is 41.5 Å². The minimum atomic E-state index is -1.89. The molecular formula is C36H51Ac2NO11S. The molecule has 3 aliphatic carbocycles. The molecule has 2 saturated carbocycles. The van der Waals surface area contributed by atoms with Crippen LogP contribution in [0, 0.1) is 111 Å². The zero-order chi connectivity index (χ0) is 36.3. The van der Waals surface area contributed by atoms with Gasteiger partial charge in [0, 0.05) is 112 Å². The first-order valence-electron chi connectivity index (χ1n) is 16.9. The summed E-state index contributed by atoms with van der Waals surface area (Å²) in [4.78, 5) is 41.0. The predicted molar refractivity (Wildman–Crippen MR) is 180 cm³/mol. The predicted octanol–water partition coefficient (Wildman–Crippen LogP) is 3.05. The second kappa shape index (κ2) is 17.2. The molecule has 3 fully saturated rings. The Morgan fingerprint density at radius 3 is 2.29 bits per heavy atom. The number of thioether (sulfide) groups is 1. The standard InChI is InChI=1S/C36H51NO11S.2Ac/c1-18(2)47-32(42)37-26(21-12-10-9-11-13-21)28(39)31(41)48-22-15-36(44)20(4)29-34(7,30(40)27(38)25(19(22)3)33(36,5)6)23(46-17-49-8)14-24-35(29,43)16-45-24;;/h9-13,18,20,22-24,26-29,38-39,43-44H,14-17H2,1-8H3,(H,37,42);;/t20?,22?,23?,24?,26?,27?,28?,29?,34-,35?,36?;;/m1../s1. The fourth-order valence-electron chi connectivity index (χ4n) is 9.21. The van der Waals surface area contributed by atoms with Crippen molar-refractivity contribution in [2.45, 2.75) is 115 Å². The van der Waals surface area contributed by atoms with Gasteiger partial charge in [-0.2, -0.15) is 0 Å². The molecule has 278 valence electrons. The van der Waals surface area contributed by atoms with Crippen LogP contribution in [-0.4, -0.2) is 105 Å². The van der Waals surface area contributed by atoms with Crippen LogP contribution in [0.1, 0.15) is 72.9 Å². The van der Waals surface area contributed by atoms with Gasteiger partial charge in [0.05, 0.1) is 47.9 Å². The summed E-state index contributed by atoms with van der Waals surface area (Å²) < 4.78 is 23.2. The molecule has 2 radical (unpaired) electrons. The van der Waals surface area contributed by atoms with Gasteiger partial charge in [-0.3, -0.25) is 4.79 Å². The van der Waals surface area contributed by atoms with Gasteiger partial charge in [-0.1, -0.05) is 51.1 Å². The third-order valence-corrected chi connectivity index (χ3v) is 12.2. The molecule has 2 bridgehead atoms. The van der Waals surface area contributed by atoms with Gasteiger partial charge < -0.3 is 44.7 Å². The Kier molecular flexibility index (Phi) is 15.5. The molecule has 5 rings (SSSR count). The molecule has 12 nitrogen and oxygen atoms in total. The summed E-state index contributed by atoms with van der Waals surface area (Å²) in [5.74, 6) is -3.05. The Labute approximate surface area is 376 Å². The van der Waals surface area contributed by atoms with E-state index >= 15 is 0 Å². The second-order valence-electron chi connectivity index (χ2n) is 15.1. The van der Waals surface area contributed by atoms with Crippen molar-refractivity contribution in [1.29, 1.82) is 0 Å². The number of ketones is 1. The number of nitrogens with one attached hydrogen (secondary N) is 1. The van der Waals surface area contributed by atoms with Crippen LogP contribution in [0.5, 0.6) is 0 Å². The van der Waals surface area contributed by atoms with E-state index < -0.39 is 94.4 Å². The number of hydrogen-bond acceptors (Lipinski definition) is 12. The number of carbonyl (C=O) groups excluding carboxylic acids is 3. The van der Waals surface area contributed by atoms with Gasteiger partial charge in [-0.25, -0.2) is 9.59 Å². The number of hydrogen-bond donors (Lipinski definition) is 5. The third-order valence-electron chi connectivity index (χ3n) is 11.8. The molecule has 5 N–H and O–H groups in total. The van der Waals surface area contributed by atoms with Crippen molar-refractivity contribution in [2.24, 2.45) is 22.7 Å². The van der Waals surface area contributed by atoms with Crippen LogP contribution >= 0.6 is 11.8 Å². The maximum atomic E-state index is 14.7. The molecule has 10 unspecified atom stereocenters. The molecule has 1 aliphatic heterocycles. The average molecular weight is 1160 g/mol. The Balaban J connectivity index is 0.00000351. The maximum absolute atomic E-state index is 14.7. The third kappa shape index (κ3) is 7.87. The quantitative estimate of drug-likeness (QED) is 0.139. The van der Waals surface area contributed by atoms with Crippen LogP contribution in [0.3, 0.4) is 0 Å². The van der Waals surface area contributed by atoms with Crippen LogP contribution in [0.2, 0.25) is 0 Å². The molecular weight excluding hydrogens is 1110 g/mol. The van der Waals surface area contributed by atoms with E-state index in [1.54, 1.807) is 78.8 Å². The van der Waals surface area contributed by atoms with Gasteiger partial charge in [-0.15, -0.1) is 11.8 Å². The van der Waals surface area contributed by atoms with Crippen molar-refractivity contribution in [3.8, 4) is 0 Å². The van der Waals surface area contributed by atoms with E-state index in [2.05, 4.69) is 5.32 Å². The minimum Gasteiger partial charge on any atom is -0.456 e. The van der Waals surface area contributed by atoms with E-state index in [1.807, 2.05) is 6.26 Å². The molecule has 1 saturated heterocycles. The number of esters is 1. The number of Topliss-reactive ketones (excluding diaryl/α,β-unsaturated/α-hetero) is 1. The number of aliphatic hydroxyl groups excluding tert-OH is 2. The minimum absolute atomic E-state index is 0. The van der Waals surface area contributed by atoms with Gasteiger partial charge in [-0.05, 0) is 56.6 Å². The van der Waals surface area contributed by atoms with Crippen molar-refractivity contribution in [3.63, 3.8) is 0 Å². The van der Waals surface area contributed by atoms with Crippen LogP contribution < -0.4 is 5.32 Å². The number of rotatable bonds is 9. The summed E-state index contributed by atoms with van der Waals surface area (Å²) in [6.07, 6.45) is -5.46. The zero-order valence-corrected chi connectivity index (χ0v) is 40.9. The Bertz CT molecular complexity index is 1480. The van der Waals surface area contributed by atoms with Crippen molar-refractivity contribution in [2.75, 3.05) is 18.8 Å². The second-order valence-corrected chi connectivity index (χ2v) is 15.9. The summed E-state index contributed by atoms with van der Waals surface area (Å²) in [5, 5.41) is 51.0. The smallest absolute Gasteiger partial charge is 0.407 e. The maximum Gasteiger partial charge on any atom is 0.407 e. The van der Waals surface area contributed by atoms with Crippen LogP contribution in [0.25, 0.3) is 0 Å². The first-order valence-corrected chi connectivity index (χ1v) is 18.3. The molecule has 1 heterocycles. The summed E-state index contributed by atoms with van der Waals surface area (Å²) in [5.41, 5.74) is -4.83. The molecule has 0 spiro atoms. The zero-order valence-electron chi connectivity index (χ0n) is 30.6. The molecule has 1 aromatic rings. The molecule has 51 heavy (non-hydrogen) atoms. The van der Waals surface area contributed by atoms with E-state index in [9.17, 15) is 34.8 Å². The number of fused-ring (bicyclic) bond motifs is 5. The SMILES string of the molecule is CSCOC1CC2OCC2(O)C2C(C)C3(O)CC(OC(=O)C(O)C(NC(=O)OC(C)C)c4ccccc4)C(C)=C(C(O)C(=O)[C@]12C)C3(C)C.[Ac].[Ac]. The number of ether oxygens (including phenoxy) is 4. The van der Waals surface area contributed by atoms with Gasteiger partial charge in [0.15, 0.2) is 11.9 Å². The van der Waals surface area contributed by atoms with Crippen molar-refractivity contribution < 1.29 is 142 Å². The first-order chi connectivity index (χ1) is 22.9. The molecule has 1 aromatic carbocycles. The number of alkyl carbamates (subject to hydrolysis) is 1. The summed E-state index contributed by atoms with van der Waals surface area (Å²) >= 11 is 1.44. The van der Waals surface area contributed by atoms with Crippen LogP contribution in [-0.2, 0) is 28.5 Å². The van der Waals surface area contributed by atoms with Gasteiger partial charge in [0.25, 0.3) is 0 Å². The van der Waals surface area contributed by atoms with Gasteiger partial charge in [0.2, 0.25) is 0 Å². The number of benzene rings is 1. The largest absolute Gasteiger partial charge is 0.456 e. The van der Waals surface area contributed by atoms with Crippen LogP contribution in [0.4, 0.5) is 4.79 Å². The van der Waals surface area contributed by atoms with E-state index in [4.69, 9.17) is 18.9 Å². The molecule has 11 atom stereocenters. The van der Waals surface area contributed by atoms with E-state index in [0.29, 0.717) is 11.1 Å². The van der Waals surface area contributed by atoms with E-state index in [1.165, 1.54) is 11.8 Å². The number of aliphatic hydroxyl groups is 4. The molecule has 15 heteroatoms. The summed E-state index contributed by atoms with van der Waals surface area (Å²) in [6.45, 7) is 11.9. The fraction of sp³-hybridized carbons (Fsp3) is 0.694. The Morgan fingerprint density at radius 2 is 1.75 bits per heavy atom.